The number of nitriles is 1. The van der Waals surface area contributed by atoms with Crippen LogP contribution in [-0.2, 0) is 4.74 Å². The molecule has 6 heteroatoms. The Hall–Kier alpha value is -2.13. The number of carbonyl (C=O) groups is 1. The average molecular weight is 317 g/mol. The van der Waals surface area contributed by atoms with Crippen LogP contribution in [0.15, 0.2) is 24.3 Å². The van der Waals surface area contributed by atoms with Crippen molar-refractivity contribution in [3.8, 4) is 6.07 Å². The quantitative estimate of drug-likeness (QED) is 0.683. The molecule has 0 radical (unpaired) electrons. The van der Waals surface area contributed by atoms with E-state index in [4.69, 9.17) is 22.2 Å². The van der Waals surface area contributed by atoms with Crippen molar-refractivity contribution in [1.82, 2.24) is 4.90 Å². The summed E-state index contributed by atoms with van der Waals surface area (Å²) in [5, 5.41) is 12.8. The Labute approximate surface area is 135 Å². The molecule has 1 aromatic rings. The molecule has 0 amide bonds. The van der Waals surface area contributed by atoms with Crippen LogP contribution in [-0.4, -0.2) is 35.7 Å². The van der Waals surface area contributed by atoms with Crippen LogP contribution in [0.1, 0.15) is 30.1 Å². The first-order chi connectivity index (χ1) is 10.6. The van der Waals surface area contributed by atoms with Gasteiger partial charge in [-0.05, 0) is 56.2 Å². The van der Waals surface area contributed by atoms with Gasteiger partial charge in [-0.3, -0.25) is 0 Å². The van der Waals surface area contributed by atoms with Crippen molar-refractivity contribution in [2.24, 2.45) is 5.92 Å². The number of nitrogens with zero attached hydrogens (tertiary/aromatic N) is 2. The molecule has 1 aliphatic heterocycles. The van der Waals surface area contributed by atoms with Crippen LogP contribution in [0.4, 0.5) is 5.69 Å². The summed E-state index contributed by atoms with van der Waals surface area (Å²) >= 11 is 5.40. The van der Waals surface area contributed by atoms with Gasteiger partial charge in [-0.15, -0.1) is 0 Å². The van der Waals surface area contributed by atoms with Crippen LogP contribution in [0.2, 0.25) is 0 Å². The zero-order valence-electron chi connectivity index (χ0n) is 12.5. The highest BCUT2D eigenvalue weighted by molar-refractivity contribution is 7.80. The molecule has 0 spiro atoms. The molecule has 22 heavy (non-hydrogen) atoms. The van der Waals surface area contributed by atoms with Gasteiger partial charge in [0.1, 0.15) is 0 Å². The van der Waals surface area contributed by atoms with E-state index in [1.807, 2.05) is 4.90 Å². The summed E-state index contributed by atoms with van der Waals surface area (Å²) in [5.74, 6) is -0.288. The summed E-state index contributed by atoms with van der Waals surface area (Å²) in [6.07, 6.45) is 1.91. The third kappa shape index (κ3) is 4.18. The standard InChI is InChI=1S/C16H19N3O2S/c1-2-21-15(20)13-5-7-14(8-6-13)18-16(22)19-9-3-4-12(10-17)11-19/h5-8,12H,2-4,9,11H2,1H3,(H,18,22)/t12-/m1/s1. The minimum atomic E-state index is -0.329. The monoisotopic (exact) mass is 317 g/mol. The molecule has 116 valence electrons. The summed E-state index contributed by atoms with van der Waals surface area (Å²) in [4.78, 5) is 13.6. The predicted octanol–water partition coefficient (Wildman–Crippen LogP) is 2.80. The SMILES string of the molecule is CCOC(=O)c1ccc(NC(=S)N2CCC[C@H](C#N)C2)cc1. The first-order valence-electron chi connectivity index (χ1n) is 7.36. The summed E-state index contributed by atoms with van der Waals surface area (Å²) < 4.78 is 4.94. The fourth-order valence-corrected chi connectivity index (χ4v) is 2.66. The van der Waals surface area contributed by atoms with Gasteiger partial charge in [-0.2, -0.15) is 5.26 Å². The van der Waals surface area contributed by atoms with E-state index >= 15 is 0 Å². The lowest BCUT2D eigenvalue weighted by atomic mass is 10.0. The third-order valence-electron chi connectivity index (χ3n) is 3.54. The van der Waals surface area contributed by atoms with Gasteiger partial charge in [0.05, 0.1) is 24.2 Å². The number of nitrogens with one attached hydrogen (secondary N) is 1. The second-order valence-electron chi connectivity index (χ2n) is 5.14. The third-order valence-corrected chi connectivity index (χ3v) is 3.90. The average Bonchev–Trinajstić information content (AvgIpc) is 2.55. The number of benzene rings is 1. The maximum absolute atomic E-state index is 11.6. The maximum Gasteiger partial charge on any atom is 0.338 e. The van der Waals surface area contributed by atoms with Crippen LogP contribution in [0, 0.1) is 17.2 Å². The van der Waals surface area contributed by atoms with Gasteiger partial charge in [-0.25, -0.2) is 4.79 Å². The molecule has 1 aliphatic rings. The number of anilines is 1. The van der Waals surface area contributed by atoms with E-state index in [0.717, 1.165) is 25.1 Å². The first-order valence-corrected chi connectivity index (χ1v) is 7.77. The number of esters is 1. The number of thiocarbonyl (C=S) groups is 1. The molecule has 1 N–H and O–H groups in total. The van der Waals surface area contributed by atoms with Crippen LogP contribution in [0.3, 0.4) is 0 Å². The molecule has 0 aliphatic carbocycles. The summed E-state index contributed by atoms with van der Waals surface area (Å²) in [6, 6.07) is 9.31. The summed E-state index contributed by atoms with van der Waals surface area (Å²) in [6.45, 7) is 3.67. The Kier molecular flexibility index (Phi) is 5.73. The molecule has 1 fully saturated rings. The maximum atomic E-state index is 11.6. The minimum absolute atomic E-state index is 0.0414. The number of carbonyl (C=O) groups excluding carboxylic acids is 1. The molecule has 1 atom stereocenters. The molecule has 1 heterocycles. The van der Waals surface area contributed by atoms with Gasteiger partial charge in [-0.1, -0.05) is 0 Å². The van der Waals surface area contributed by atoms with E-state index in [0.29, 0.717) is 23.8 Å². The fraction of sp³-hybridized carbons (Fsp3) is 0.438. The largest absolute Gasteiger partial charge is 0.462 e. The van der Waals surface area contributed by atoms with Crippen molar-refractivity contribution in [2.75, 3.05) is 25.0 Å². The van der Waals surface area contributed by atoms with Crippen molar-refractivity contribution >= 4 is 29.0 Å². The van der Waals surface area contributed by atoms with Crippen LogP contribution in [0.5, 0.6) is 0 Å². The molecule has 0 unspecified atom stereocenters. The zero-order chi connectivity index (χ0) is 15.9. The normalized spacial score (nSPS) is 17.5. The molecule has 1 saturated heterocycles. The van der Waals surface area contributed by atoms with Crippen LogP contribution >= 0.6 is 12.2 Å². The lowest BCUT2D eigenvalue weighted by molar-refractivity contribution is 0.0526. The number of hydrogen-bond acceptors (Lipinski definition) is 4. The Bertz CT molecular complexity index is 580. The zero-order valence-corrected chi connectivity index (χ0v) is 13.4. The Balaban J connectivity index is 1.94. The van der Waals surface area contributed by atoms with E-state index in [1.165, 1.54) is 0 Å². The van der Waals surface area contributed by atoms with E-state index in [-0.39, 0.29) is 11.9 Å². The molecular formula is C16H19N3O2S. The second kappa shape index (κ2) is 7.76. The number of rotatable bonds is 3. The van der Waals surface area contributed by atoms with Crippen molar-refractivity contribution in [1.29, 1.82) is 5.26 Å². The first kappa shape index (κ1) is 16.2. The van der Waals surface area contributed by atoms with Crippen LogP contribution < -0.4 is 5.32 Å². The number of likely N-dealkylation sites (tertiary alicyclic amines) is 1. The lowest BCUT2D eigenvalue weighted by Crippen LogP contribution is -2.41. The molecular weight excluding hydrogens is 298 g/mol. The van der Waals surface area contributed by atoms with E-state index < -0.39 is 0 Å². The Morgan fingerprint density at radius 3 is 2.86 bits per heavy atom. The topological polar surface area (TPSA) is 65.4 Å². The molecule has 0 aromatic heterocycles. The van der Waals surface area contributed by atoms with Crippen molar-refractivity contribution in [3.05, 3.63) is 29.8 Å². The Morgan fingerprint density at radius 2 is 2.23 bits per heavy atom. The highest BCUT2D eigenvalue weighted by Crippen LogP contribution is 2.17. The highest BCUT2D eigenvalue weighted by Gasteiger charge is 2.21. The van der Waals surface area contributed by atoms with E-state index in [1.54, 1.807) is 31.2 Å². The highest BCUT2D eigenvalue weighted by atomic mass is 32.1. The molecule has 2 rings (SSSR count). The summed E-state index contributed by atoms with van der Waals surface area (Å²) in [7, 11) is 0. The lowest BCUT2D eigenvalue weighted by Gasteiger charge is -2.31. The fourth-order valence-electron chi connectivity index (χ4n) is 2.37. The minimum Gasteiger partial charge on any atom is -0.462 e. The smallest absolute Gasteiger partial charge is 0.338 e. The predicted molar refractivity (Wildman–Crippen MR) is 88.5 cm³/mol. The van der Waals surface area contributed by atoms with Gasteiger partial charge < -0.3 is 15.0 Å². The van der Waals surface area contributed by atoms with Gasteiger partial charge in [0.15, 0.2) is 5.11 Å². The molecule has 1 aromatic carbocycles. The van der Waals surface area contributed by atoms with Gasteiger partial charge in [0.25, 0.3) is 0 Å². The van der Waals surface area contributed by atoms with Crippen molar-refractivity contribution in [3.63, 3.8) is 0 Å². The molecule has 5 nitrogen and oxygen atoms in total. The molecule has 0 saturated carbocycles. The van der Waals surface area contributed by atoms with Crippen molar-refractivity contribution < 1.29 is 9.53 Å². The molecule has 0 bridgehead atoms. The second-order valence-corrected chi connectivity index (χ2v) is 5.53. The number of hydrogen-bond donors (Lipinski definition) is 1. The summed E-state index contributed by atoms with van der Waals surface area (Å²) in [5.41, 5.74) is 1.33. The Morgan fingerprint density at radius 1 is 1.50 bits per heavy atom. The van der Waals surface area contributed by atoms with Crippen LogP contribution in [0.25, 0.3) is 0 Å². The van der Waals surface area contributed by atoms with Gasteiger partial charge >= 0.3 is 5.97 Å². The number of piperidine rings is 1. The van der Waals surface area contributed by atoms with E-state index in [9.17, 15) is 4.79 Å². The number of ether oxygens (including phenoxy) is 1. The van der Waals surface area contributed by atoms with Gasteiger partial charge in [0.2, 0.25) is 0 Å². The van der Waals surface area contributed by atoms with Gasteiger partial charge in [0, 0.05) is 18.8 Å². The van der Waals surface area contributed by atoms with Crippen molar-refractivity contribution in [2.45, 2.75) is 19.8 Å². The van der Waals surface area contributed by atoms with E-state index in [2.05, 4.69) is 11.4 Å².